The zero-order chi connectivity index (χ0) is 20.9. The standard InChI is InChI=1S/C25H22N2O3/c1-2-30-20-14-12-19(13-15-20)26-16-23-21-10-6-7-11-22(21)24(28)27(25(23)29)17-18-8-4-3-5-9-18/h3-16,29H,2,17H2,1H3. The molecule has 30 heavy (non-hydrogen) atoms. The van der Waals surface area contributed by atoms with Gasteiger partial charge in [-0.2, -0.15) is 0 Å². The second-order valence-corrected chi connectivity index (χ2v) is 6.84. The Hall–Kier alpha value is -3.86. The second kappa shape index (κ2) is 8.66. The van der Waals surface area contributed by atoms with Crippen LogP contribution in [-0.2, 0) is 6.54 Å². The van der Waals surface area contributed by atoms with E-state index in [1.165, 1.54) is 4.57 Å². The smallest absolute Gasteiger partial charge is 0.261 e. The molecule has 1 aromatic heterocycles. The van der Waals surface area contributed by atoms with Crippen LogP contribution in [0, 0.1) is 0 Å². The van der Waals surface area contributed by atoms with Gasteiger partial charge in [0.25, 0.3) is 5.56 Å². The molecule has 0 amide bonds. The van der Waals surface area contributed by atoms with Crippen molar-refractivity contribution in [2.45, 2.75) is 13.5 Å². The van der Waals surface area contributed by atoms with E-state index in [2.05, 4.69) is 4.99 Å². The average molecular weight is 398 g/mol. The van der Waals surface area contributed by atoms with Gasteiger partial charge in [-0.3, -0.25) is 14.4 Å². The first-order valence-corrected chi connectivity index (χ1v) is 9.82. The van der Waals surface area contributed by atoms with Crippen LogP contribution in [0.5, 0.6) is 11.6 Å². The summed E-state index contributed by atoms with van der Waals surface area (Å²) in [6, 6.07) is 24.2. The highest BCUT2D eigenvalue weighted by atomic mass is 16.5. The Morgan fingerprint density at radius 3 is 2.30 bits per heavy atom. The highest BCUT2D eigenvalue weighted by Gasteiger charge is 2.15. The Morgan fingerprint density at radius 2 is 1.60 bits per heavy atom. The minimum atomic E-state index is -0.231. The first-order valence-electron chi connectivity index (χ1n) is 9.82. The number of nitrogens with zero attached hydrogens (tertiary/aromatic N) is 2. The summed E-state index contributed by atoms with van der Waals surface area (Å²) in [6.07, 6.45) is 1.61. The van der Waals surface area contributed by atoms with Crippen molar-refractivity contribution >= 4 is 22.7 Å². The van der Waals surface area contributed by atoms with Gasteiger partial charge < -0.3 is 9.84 Å². The van der Waals surface area contributed by atoms with Gasteiger partial charge in [0.05, 0.1) is 24.4 Å². The number of aromatic hydroxyl groups is 1. The van der Waals surface area contributed by atoms with Crippen LogP contribution in [0.25, 0.3) is 10.8 Å². The summed E-state index contributed by atoms with van der Waals surface area (Å²) in [7, 11) is 0. The lowest BCUT2D eigenvalue weighted by atomic mass is 10.1. The second-order valence-electron chi connectivity index (χ2n) is 6.84. The fourth-order valence-electron chi connectivity index (χ4n) is 3.39. The molecule has 0 unspecified atom stereocenters. The van der Waals surface area contributed by atoms with Crippen molar-refractivity contribution in [2.24, 2.45) is 4.99 Å². The number of hydrogen-bond acceptors (Lipinski definition) is 4. The molecule has 0 atom stereocenters. The van der Waals surface area contributed by atoms with E-state index < -0.39 is 0 Å². The number of benzene rings is 3. The van der Waals surface area contributed by atoms with Gasteiger partial charge >= 0.3 is 0 Å². The molecular formula is C25H22N2O3. The average Bonchev–Trinajstić information content (AvgIpc) is 2.78. The van der Waals surface area contributed by atoms with E-state index in [1.54, 1.807) is 12.3 Å². The Balaban J connectivity index is 1.79. The van der Waals surface area contributed by atoms with Crippen molar-refractivity contribution in [2.75, 3.05) is 6.61 Å². The van der Waals surface area contributed by atoms with Crippen molar-refractivity contribution in [1.82, 2.24) is 4.57 Å². The van der Waals surface area contributed by atoms with Crippen LogP contribution < -0.4 is 10.3 Å². The molecule has 0 aliphatic rings. The van der Waals surface area contributed by atoms with E-state index in [4.69, 9.17) is 4.74 Å². The van der Waals surface area contributed by atoms with Crippen molar-refractivity contribution in [1.29, 1.82) is 0 Å². The van der Waals surface area contributed by atoms with Gasteiger partial charge in [-0.05, 0) is 42.8 Å². The molecule has 150 valence electrons. The zero-order valence-corrected chi connectivity index (χ0v) is 16.7. The normalized spacial score (nSPS) is 11.2. The highest BCUT2D eigenvalue weighted by Crippen LogP contribution is 2.25. The van der Waals surface area contributed by atoms with Crippen molar-refractivity contribution < 1.29 is 9.84 Å². The fraction of sp³-hybridized carbons (Fsp3) is 0.120. The number of hydrogen-bond donors (Lipinski definition) is 1. The zero-order valence-electron chi connectivity index (χ0n) is 16.7. The van der Waals surface area contributed by atoms with Crippen LogP contribution in [0.4, 0.5) is 5.69 Å². The van der Waals surface area contributed by atoms with Crippen LogP contribution in [-0.4, -0.2) is 22.5 Å². The molecule has 1 N–H and O–H groups in total. The predicted molar refractivity (Wildman–Crippen MR) is 120 cm³/mol. The fourth-order valence-corrected chi connectivity index (χ4v) is 3.39. The Bertz CT molecular complexity index is 1240. The molecule has 1 heterocycles. The van der Waals surface area contributed by atoms with E-state index in [-0.39, 0.29) is 18.0 Å². The van der Waals surface area contributed by atoms with Gasteiger partial charge in [-0.25, -0.2) is 0 Å². The maximum absolute atomic E-state index is 13.0. The summed E-state index contributed by atoms with van der Waals surface area (Å²) in [6.45, 7) is 2.82. The number of aromatic nitrogens is 1. The number of aliphatic imine (C=N–C) groups is 1. The first-order chi connectivity index (χ1) is 14.7. The summed E-state index contributed by atoms with van der Waals surface area (Å²) in [5.41, 5.74) is 1.93. The summed E-state index contributed by atoms with van der Waals surface area (Å²) >= 11 is 0. The van der Waals surface area contributed by atoms with Gasteiger partial charge in [-0.1, -0.05) is 48.5 Å². The van der Waals surface area contributed by atoms with E-state index in [9.17, 15) is 9.90 Å². The van der Waals surface area contributed by atoms with Crippen molar-refractivity contribution in [3.63, 3.8) is 0 Å². The summed E-state index contributed by atoms with van der Waals surface area (Å²) in [5.74, 6) is 0.679. The maximum Gasteiger partial charge on any atom is 0.261 e. The third-order valence-electron chi connectivity index (χ3n) is 4.86. The molecule has 0 aliphatic carbocycles. The van der Waals surface area contributed by atoms with Crippen LogP contribution >= 0.6 is 0 Å². The maximum atomic E-state index is 13.0. The molecule has 5 heteroatoms. The molecule has 0 aliphatic heterocycles. The number of pyridine rings is 1. The van der Waals surface area contributed by atoms with E-state index >= 15 is 0 Å². The summed E-state index contributed by atoms with van der Waals surface area (Å²) in [4.78, 5) is 17.5. The van der Waals surface area contributed by atoms with Gasteiger partial charge in [0.1, 0.15) is 5.75 Å². The molecule has 4 aromatic rings. The predicted octanol–water partition coefficient (Wildman–Crippen LogP) is 4.90. The molecule has 0 saturated carbocycles. The van der Waals surface area contributed by atoms with E-state index in [1.807, 2.05) is 79.7 Å². The Morgan fingerprint density at radius 1 is 0.933 bits per heavy atom. The highest BCUT2D eigenvalue weighted by molar-refractivity contribution is 6.02. The summed E-state index contributed by atoms with van der Waals surface area (Å²) in [5, 5.41) is 12.2. The number of fused-ring (bicyclic) bond motifs is 1. The molecular weight excluding hydrogens is 376 g/mol. The lowest BCUT2D eigenvalue weighted by molar-refractivity contribution is 0.340. The molecule has 0 fully saturated rings. The van der Waals surface area contributed by atoms with Crippen LogP contribution in [0.3, 0.4) is 0 Å². The van der Waals surface area contributed by atoms with Crippen LogP contribution in [0.1, 0.15) is 18.1 Å². The van der Waals surface area contributed by atoms with Crippen LogP contribution in [0.15, 0.2) is 88.6 Å². The molecule has 4 rings (SSSR count). The minimum absolute atomic E-state index is 0.0998. The lowest BCUT2D eigenvalue weighted by Gasteiger charge is -2.13. The minimum Gasteiger partial charge on any atom is -0.494 e. The molecule has 3 aromatic carbocycles. The van der Waals surface area contributed by atoms with Gasteiger partial charge in [0.15, 0.2) is 0 Å². The molecule has 0 saturated heterocycles. The molecule has 0 radical (unpaired) electrons. The van der Waals surface area contributed by atoms with Gasteiger partial charge in [-0.15, -0.1) is 0 Å². The Labute approximate surface area is 174 Å². The number of rotatable bonds is 6. The van der Waals surface area contributed by atoms with E-state index in [0.29, 0.717) is 22.9 Å². The number of ether oxygens (including phenoxy) is 1. The van der Waals surface area contributed by atoms with Gasteiger partial charge in [0, 0.05) is 17.0 Å². The Kier molecular flexibility index (Phi) is 5.61. The molecule has 0 bridgehead atoms. The van der Waals surface area contributed by atoms with E-state index in [0.717, 1.165) is 17.0 Å². The van der Waals surface area contributed by atoms with Crippen molar-refractivity contribution in [3.8, 4) is 11.6 Å². The monoisotopic (exact) mass is 398 g/mol. The topological polar surface area (TPSA) is 63.8 Å². The lowest BCUT2D eigenvalue weighted by Crippen LogP contribution is -2.22. The van der Waals surface area contributed by atoms with Crippen molar-refractivity contribution in [3.05, 3.63) is 100 Å². The molecule has 0 spiro atoms. The molecule has 5 nitrogen and oxygen atoms in total. The third-order valence-corrected chi connectivity index (χ3v) is 4.86. The van der Waals surface area contributed by atoms with Gasteiger partial charge in [0.2, 0.25) is 5.88 Å². The largest absolute Gasteiger partial charge is 0.494 e. The SMILES string of the molecule is CCOc1ccc(N=Cc2c(O)n(Cc3ccccc3)c(=O)c3ccccc23)cc1. The summed E-state index contributed by atoms with van der Waals surface area (Å²) < 4.78 is 6.84. The first kappa shape index (κ1) is 19.5. The third kappa shape index (κ3) is 3.96. The van der Waals surface area contributed by atoms with Crippen LogP contribution in [0.2, 0.25) is 0 Å². The quantitative estimate of drug-likeness (QED) is 0.470.